The van der Waals surface area contributed by atoms with E-state index in [9.17, 15) is 13.2 Å². The van der Waals surface area contributed by atoms with Crippen molar-refractivity contribution in [3.05, 3.63) is 48.0 Å². The summed E-state index contributed by atoms with van der Waals surface area (Å²) < 4.78 is 42.0. The van der Waals surface area contributed by atoms with Gasteiger partial charge in [0.1, 0.15) is 11.8 Å². The summed E-state index contributed by atoms with van der Waals surface area (Å²) in [5.41, 5.74) is 1.20. The van der Waals surface area contributed by atoms with Gasteiger partial charge in [-0.25, -0.2) is 8.42 Å². The van der Waals surface area contributed by atoms with Crippen molar-refractivity contribution >= 4 is 21.6 Å². The van der Waals surface area contributed by atoms with Crippen LogP contribution < -0.4 is 23.8 Å². The molecule has 0 spiro atoms. The zero-order valence-electron chi connectivity index (χ0n) is 16.5. The Kier molecular flexibility index (Phi) is 6.17. The second-order valence-electron chi connectivity index (χ2n) is 6.59. The Morgan fingerprint density at radius 3 is 2.66 bits per heavy atom. The Hall–Kier alpha value is -2.94. The van der Waals surface area contributed by atoms with Gasteiger partial charge in [-0.15, -0.1) is 0 Å². The van der Waals surface area contributed by atoms with Gasteiger partial charge in [0.25, 0.3) is 0 Å². The minimum atomic E-state index is -3.71. The number of carbonyl (C=O) groups is 1. The van der Waals surface area contributed by atoms with Gasteiger partial charge in [0, 0.05) is 12.6 Å². The number of methoxy groups -OCH3 is 1. The molecule has 1 atom stereocenters. The van der Waals surface area contributed by atoms with Crippen LogP contribution in [0.15, 0.2) is 42.5 Å². The number of ether oxygens (including phenoxy) is 3. The van der Waals surface area contributed by atoms with Crippen molar-refractivity contribution in [1.29, 1.82) is 0 Å². The highest BCUT2D eigenvalue weighted by molar-refractivity contribution is 7.92. The molecule has 0 bridgehead atoms. The van der Waals surface area contributed by atoms with E-state index in [4.69, 9.17) is 14.2 Å². The quantitative estimate of drug-likeness (QED) is 0.704. The van der Waals surface area contributed by atoms with Crippen molar-refractivity contribution in [2.45, 2.75) is 25.9 Å². The zero-order chi connectivity index (χ0) is 21.0. The second-order valence-corrected chi connectivity index (χ2v) is 8.45. The van der Waals surface area contributed by atoms with E-state index < -0.39 is 22.0 Å². The molecule has 1 amide bonds. The van der Waals surface area contributed by atoms with E-state index in [-0.39, 0.29) is 13.3 Å². The minimum absolute atomic E-state index is 0.174. The summed E-state index contributed by atoms with van der Waals surface area (Å²) >= 11 is 0. The molecular weight excluding hydrogens is 396 g/mol. The van der Waals surface area contributed by atoms with Gasteiger partial charge in [-0.05, 0) is 36.2 Å². The van der Waals surface area contributed by atoms with Gasteiger partial charge in [0.2, 0.25) is 22.7 Å². The van der Waals surface area contributed by atoms with Crippen LogP contribution in [0.25, 0.3) is 0 Å². The first-order valence-corrected chi connectivity index (χ1v) is 11.0. The monoisotopic (exact) mass is 420 g/mol. The number of nitrogens with one attached hydrogen (secondary N) is 1. The predicted molar refractivity (Wildman–Crippen MR) is 109 cm³/mol. The molecule has 0 fully saturated rings. The topological polar surface area (TPSA) is 94.2 Å². The standard InChI is InChI=1S/C20H24N2O6S/c1-4-17(22(29(3,24)25)15-6-5-7-16(11-15)26-2)20(23)21-12-14-8-9-18-19(10-14)28-13-27-18/h5-11,17H,4,12-13H2,1-3H3,(H,21,23). The summed E-state index contributed by atoms with van der Waals surface area (Å²) in [5.74, 6) is 1.40. The third-order valence-corrected chi connectivity index (χ3v) is 5.72. The third kappa shape index (κ3) is 4.73. The Labute approximate surface area is 170 Å². The number of fused-ring (bicyclic) bond motifs is 1. The van der Waals surface area contributed by atoms with Gasteiger partial charge < -0.3 is 19.5 Å². The highest BCUT2D eigenvalue weighted by Crippen LogP contribution is 2.32. The van der Waals surface area contributed by atoms with Crippen molar-refractivity contribution in [1.82, 2.24) is 5.32 Å². The molecule has 0 radical (unpaired) electrons. The lowest BCUT2D eigenvalue weighted by atomic mass is 10.1. The number of amides is 1. The fraction of sp³-hybridized carbons (Fsp3) is 0.350. The van der Waals surface area contributed by atoms with Crippen LogP contribution in [-0.4, -0.2) is 40.5 Å². The lowest BCUT2D eigenvalue weighted by Gasteiger charge is -2.30. The number of carbonyl (C=O) groups excluding carboxylic acids is 1. The summed E-state index contributed by atoms with van der Waals surface area (Å²) in [5, 5.41) is 2.82. The smallest absolute Gasteiger partial charge is 0.244 e. The fourth-order valence-corrected chi connectivity index (χ4v) is 4.37. The largest absolute Gasteiger partial charge is 0.497 e. The second kappa shape index (κ2) is 8.60. The number of hydrogen-bond donors (Lipinski definition) is 1. The maximum Gasteiger partial charge on any atom is 0.244 e. The molecule has 1 aliphatic rings. The normalized spacial score (nSPS) is 13.6. The number of anilines is 1. The molecule has 29 heavy (non-hydrogen) atoms. The summed E-state index contributed by atoms with van der Waals surface area (Å²) in [6.45, 7) is 2.18. The van der Waals surface area contributed by atoms with Crippen LogP contribution in [0.5, 0.6) is 17.2 Å². The van der Waals surface area contributed by atoms with Crippen LogP contribution in [0.3, 0.4) is 0 Å². The molecule has 0 saturated heterocycles. The maximum atomic E-state index is 12.9. The van der Waals surface area contributed by atoms with Crippen LogP contribution >= 0.6 is 0 Å². The number of nitrogens with zero attached hydrogens (tertiary/aromatic N) is 1. The van der Waals surface area contributed by atoms with Gasteiger partial charge in [-0.3, -0.25) is 9.10 Å². The maximum absolute atomic E-state index is 12.9. The molecular formula is C20H24N2O6S. The Bertz CT molecular complexity index is 992. The molecule has 1 unspecified atom stereocenters. The summed E-state index contributed by atoms with van der Waals surface area (Å²) in [6.07, 6.45) is 1.39. The fourth-order valence-electron chi connectivity index (χ4n) is 3.17. The average molecular weight is 420 g/mol. The van der Waals surface area contributed by atoms with Crippen molar-refractivity contribution in [3.8, 4) is 17.2 Å². The van der Waals surface area contributed by atoms with E-state index in [2.05, 4.69) is 5.32 Å². The van der Waals surface area contributed by atoms with E-state index >= 15 is 0 Å². The van der Waals surface area contributed by atoms with Gasteiger partial charge in [-0.2, -0.15) is 0 Å². The van der Waals surface area contributed by atoms with Gasteiger partial charge >= 0.3 is 0 Å². The SMILES string of the molecule is CCC(C(=O)NCc1ccc2c(c1)OCO2)N(c1cccc(OC)c1)S(C)(=O)=O. The first kappa shape index (κ1) is 20.8. The first-order valence-electron chi connectivity index (χ1n) is 9.13. The lowest BCUT2D eigenvalue weighted by molar-refractivity contribution is -0.122. The molecule has 0 aliphatic carbocycles. The number of sulfonamides is 1. The van der Waals surface area contributed by atoms with Crippen molar-refractivity contribution in [2.75, 3.05) is 24.5 Å². The molecule has 9 heteroatoms. The van der Waals surface area contributed by atoms with Crippen LogP contribution in [-0.2, 0) is 21.4 Å². The van der Waals surface area contributed by atoms with E-state index in [1.165, 1.54) is 7.11 Å². The minimum Gasteiger partial charge on any atom is -0.497 e. The Morgan fingerprint density at radius 2 is 1.97 bits per heavy atom. The molecule has 2 aromatic carbocycles. The van der Waals surface area contributed by atoms with Gasteiger partial charge in [0.15, 0.2) is 11.5 Å². The molecule has 2 aromatic rings. The zero-order valence-corrected chi connectivity index (χ0v) is 17.4. The van der Waals surface area contributed by atoms with Gasteiger partial charge in [0.05, 0.1) is 19.1 Å². The van der Waals surface area contributed by atoms with Crippen LogP contribution in [0.4, 0.5) is 5.69 Å². The lowest BCUT2D eigenvalue weighted by Crippen LogP contribution is -2.49. The van der Waals surface area contributed by atoms with E-state index in [1.807, 2.05) is 6.07 Å². The van der Waals surface area contributed by atoms with Crippen molar-refractivity contribution in [3.63, 3.8) is 0 Å². The highest BCUT2D eigenvalue weighted by Gasteiger charge is 2.31. The molecule has 156 valence electrons. The molecule has 3 rings (SSSR count). The van der Waals surface area contributed by atoms with Crippen LogP contribution in [0.2, 0.25) is 0 Å². The van der Waals surface area contributed by atoms with E-state index in [0.717, 1.165) is 16.1 Å². The van der Waals surface area contributed by atoms with Crippen molar-refractivity contribution < 1.29 is 27.4 Å². The molecule has 0 aromatic heterocycles. The third-order valence-electron chi connectivity index (χ3n) is 4.54. The number of hydrogen-bond acceptors (Lipinski definition) is 6. The molecule has 8 nitrogen and oxygen atoms in total. The van der Waals surface area contributed by atoms with Crippen molar-refractivity contribution in [2.24, 2.45) is 0 Å². The molecule has 0 saturated carbocycles. The summed E-state index contributed by atoms with van der Waals surface area (Å²) in [6, 6.07) is 11.1. The predicted octanol–water partition coefficient (Wildman–Crippen LogP) is 2.28. The highest BCUT2D eigenvalue weighted by atomic mass is 32.2. The molecule has 1 heterocycles. The Balaban J connectivity index is 1.79. The van der Waals surface area contributed by atoms with Gasteiger partial charge in [-0.1, -0.05) is 19.1 Å². The summed E-state index contributed by atoms with van der Waals surface area (Å²) in [7, 11) is -2.21. The van der Waals surface area contributed by atoms with E-state index in [1.54, 1.807) is 43.3 Å². The average Bonchev–Trinajstić information content (AvgIpc) is 3.17. The number of rotatable bonds is 8. The summed E-state index contributed by atoms with van der Waals surface area (Å²) in [4.78, 5) is 12.9. The van der Waals surface area contributed by atoms with E-state index in [0.29, 0.717) is 29.4 Å². The van der Waals surface area contributed by atoms with Crippen LogP contribution in [0, 0.1) is 0 Å². The number of benzene rings is 2. The van der Waals surface area contributed by atoms with Crippen LogP contribution in [0.1, 0.15) is 18.9 Å². The molecule has 1 N–H and O–H groups in total. The molecule has 1 aliphatic heterocycles. The Morgan fingerprint density at radius 1 is 1.21 bits per heavy atom. The first-order chi connectivity index (χ1) is 13.8.